The molecular formula is C22H22N4O3. The van der Waals surface area contributed by atoms with Gasteiger partial charge in [-0.2, -0.15) is 4.98 Å². The molecule has 7 heteroatoms. The highest BCUT2D eigenvalue weighted by molar-refractivity contribution is 6.07. The Hall–Kier alpha value is -3.48. The Bertz CT molecular complexity index is 1070. The van der Waals surface area contributed by atoms with Crippen molar-refractivity contribution < 1.29 is 14.1 Å². The lowest BCUT2D eigenvalue weighted by atomic mass is 9.87. The van der Waals surface area contributed by atoms with E-state index in [0.29, 0.717) is 12.2 Å². The molecule has 1 aromatic heterocycles. The van der Waals surface area contributed by atoms with E-state index in [1.165, 1.54) is 0 Å². The van der Waals surface area contributed by atoms with E-state index in [1.54, 1.807) is 0 Å². The van der Waals surface area contributed by atoms with Gasteiger partial charge in [-0.05, 0) is 31.4 Å². The van der Waals surface area contributed by atoms with Crippen molar-refractivity contribution in [2.45, 2.75) is 39.3 Å². The molecule has 2 aromatic carbocycles. The summed E-state index contributed by atoms with van der Waals surface area (Å²) in [6, 6.07) is 14.8. The number of aryl methyl sites for hydroxylation is 2. The van der Waals surface area contributed by atoms with E-state index in [0.717, 1.165) is 27.2 Å². The van der Waals surface area contributed by atoms with Crippen molar-refractivity contribution in [1.82, 2.24) is 20.4 Å². The Morgan fingerprint density at radius 2 is 1.79 bits per heavy atom. The first kappa shape index (κ1) is 18.9. The van der Waals surface area contributed by atoms with Crippen molar-refractivity contribution in [1.29, 1.82) is 0 Å². The molecule has 4 rings (SSSR count). The van der Waals surface area contributed by atoms with Gasteiger partial charge in [-0.3, -0.25) is 9.69 Å². The van der Waals surface area contributed by atoms with Gasteiger partial charge in [0.25, 0.3) is 5.91 Å². The topological polar surface area (TPSA) is 88.3 Å². The smallest absolute Gasteiger partial charge is 0.325 e. The highest BCUT2D eigenvalue weighted by Gasteiger charge is 2.51. The zero-order chi connectivity index (χ0) is 20.6. The third-order valence-electron chi connectivity index (χ3n) is 5.40. The zero-order valence-corrected chi connectivity index (χ0v) is 16.6. The molecule has 3 amide bonds. The van der Waals surface area contributed by atoms with Crippen LogP contribution in [0.5, 0.6) is 0 Å². The summed E-state index contributed by atoms with van der Waals surface area (Å²) in [5, 5.41) is 6.88. The van der Waals surface area contributed by atoms with Crippen LogP contribution in [0.3, 0.4) is 0 Å². The van der Waals surface area contributed by atoms with E-state index in [4.69, 9.17) is 4.52 Å². The maximum Gasteiger partial charge on any atom is 0.325 e. The van der Waals surface area contributed by atoms with Gasteiger partial charge in [0.2, 0.25) is 11.7 Å². The largest absolute Gasteiger partial charge is 0.337 e. The fraction of sp³-hybridized carbons (Fsp3) is 0.273. The number of aromatic nitrogens is 2. The normalized spacial score (nSPS) is 18.9. The average molecular weight is 390 g/mol. The van der Waals surface area contributed by atoms with E-state index < -0.39 is 11.6 Å². The molecule has 0 bridgehead atoms. The molecule has 148 valence electrons. The molecule has 29 heavy (non-hydrogen) atoms. The van der Waals surface area contributed by atoms with E-state index in [9.17, 15) is 9.59 Å². The molecule has 0 aliphatic carbocycles. The summed E-state index contributed by atoms with van der Waals surface area (Å²) in [6.45, 7) is 5.74. The van der Waals surface area contributed by atoms with Crippen LogP contribution in [-0.4, -0.2) is 27.0 Å². The molecule has 1 aliphatic rings. The summed E-state index contributed by atoms with van der Waals surface area (Å²) in [6.07, 6.45) is 0.440. The second-order valence-electron chi connectivity index (χ2n) is 7.27. The molecule has 0 unspecified atom stereocenters. The molecule has 3 aromatic rings. The first-order valence-electron chi connectivity index (χ1n) is 9.54. The van der Waals surface area contributed by atoms with Crippen LogP contribution in [0.4, 0.5) is 4.79 Å². The summed E-state index contributed by atoms with van der Waals surface area (Å²) >= 11 is 0. The SMILES string of the molecule is CC[C@]1(c2ccc(C)cc2)NC(=O)N(Cc2nc(-c3ccccc3C)no2)C1=O. The van der Waals surface area contributed by atoms with Crippen LogP contribution < -0.4 is 5.32 Å². The number of hydrogen-bond donors (Lipinski definition) is 1. The number of benzene rings is 2. The van der Waals surface area contributed by atoms with Crippen molar-refractivity contribution in [3.63, 3.8) is 0 Å². The van der Waals surface area contributed by atoms with Crippen molar-refractivity contribution in [3.05, 3.63) is 71.1 Å². The van der Waals surface area contributed by atoms with Crippen molar-refractivity contribution >= 4 is 11.9 Å². The number of nitrogens with zero attached hydrogens (tertiary/aromatic N) is 3. The molecule has 0 saturated carbocycles. The maximum absolute atomic E-state index is 13.2. The van der Waals surface area contributed by atoms with E-state index >= 15 is 0 Å². The predicted molar refractivity (Wildman–Crippen MR) is 107 cm³/mol. The van der Waals surface area contributed by atoms with Crippen LogP contribution in [0.25, 0.3) is 11.4 Å². The summed E-state index contributed by atoms with van der Waals surface area (Å²) in [7, 11) is 0. The number of carbonyl (C=O) groups excluding carboxylic acids is 2. The minimum atomic E-state index is -1.08. The van der Waals surface area contributed by atoms with Gasteiger partial charge in [0, 0.05) is 5.56 Å². The molecule has 7 nitrogen and oxygen atoms in total. The number of nitrogens with one attached hydrogen (secondary N) is 1. The molecular weight excluding hydrogens is 368 g/mol. The number of carbonyl (C=O) groups is 2. The number of amides is 3. The lowest BCUT2D eigenvalue weighted by Crippen LogP contribution is -2.43. The monoisotopic (exact) mass is 390 g/mol. The molecule has 0 radical (unpaired) electrons. The third kappa shape index (κ3) is 3.18. The van der Waals surface area contributed by atoms with Crippen LogP contribution in [0.15, 0.2) is 53.1 Å². The van der Waals surface area contributed by atoms with Crippen LogP contribution in [0, 0.1) is 13.8 Å². The molecule has 1 aliphatic heterocycles. The van der Waals surface area contributed by atoms with Gasteiger partial charge in [-0.25, -0.2) is 4.79 Å². The van der Waals surface area contributed by atoms with Crippen LogP contribution >= 0.6 is 0 Å². The Labute approximate surface area is 168 Å². The number of imide groups is 1. The van der Waals surface area contributed by atoms with E-state index in [2.05, 4.69) is 15.5 Å². The molecule has 1 saturated heterocycles. The third-order valence-corrected chi connectivity index (χ3v) is 5.40. The quantitative estimate of drug-likeness (QED) is 0.671. The summed E-state index contributed by atoms with van der Waals surface area (Å²) < 4.78 is 5.32. The lowest BCUT2D eigenvalue weighted by Gasteiger charge is -2.25. The standard InChI is InChI=1S/C22H22N4O3/c1-4-22(16-11-9-14(2)10-12-16)20(27)26(21(28)24-22)13-18-23-19(25-29-18)17-8-6-5-7-15(17)3/h5-12H,4,13H2,1-3H3,(H,24,28)/t22-/m1/s1. The van der Waals surface area contributed by atoms with E-state index in [-0.39, 0.29) is 18.3 Å². The maximum atomic E-state index is 13.2. The predicted octanol–water partition coefficient (Wildman–Crippen LogP) is 3.71. The summed E-state index contributed by atoms with van der Waals surface area (Å²) in [5.41, 5.74) is 2.63. The van der Waals surface area contributed by atoms with Gasteiger partial charge in [0.1, 0.15) is 12.1 Å². The van der Waals surface area contributed by atoms with Gasteiger partial charge in [0.15, 0.2) is 0 Å². The zero-order valence-electron chi connectivity index (χ0n) is 16.6. The molecule has 1 atom stereocenters. The van der Waals surface area contributed by atoms with Gasteiger partial charge >= 0.3 is 6.03 Å². The van der Waals surface area contributed by atoms with Gasteiger partial charge in [-0.15, -0.1) is 0 Å². The average Bonchev–Trinajstić information content (AvgIpc) is 3.28. The summed E-state index contributed by atoms with van der Waals surface area (Å²) in [5.74, 6) is 0.331. The Balaban J connectivity index is 1.60. The van der Waals surface area contributed by atoms with Gasteiger partial charge in [-0.1, -0.05) is 66.2 Å². The van der Waals surface area contributed by atoms with Crippen LogP contribution in [-0.2, 0) is 16.9 Å². The Kier molecular flexibility index (Phi) is 4.66. The minimum absolute atomic E-state index is 0.0723. The molecule has 1 fully saturated rings. The van der Waals surface area contributed by atoms with E-state index in [1.807, 2.05) is 69.3 Å². The summed E-state index contributed by atoms with van der Waals surface area (Å²) in [4.78, 5) is 31.4. The lowest BCUT2D eigenvalue weighted by molar-refractivity contribution is -0.132. The highest BCUT2D eigenvalue weighted by Crippen LogP contribution is 2.33. The number of rotatable bonds is 5. The van der Waals surface area contributed by atoms with Gasteiger partial charge in [0.05, 0.1) is 0 Å². The first-order valence-corrected chi connectivity index (χ1v) is 9.54. The molecule has 1 N–H and O–H groups in total. The second-order valence-corrected chi connectivity index (χ2v) is 7.27. The van der Waals surface area contributed by atoms with Crippen molar-refractivity contribution in [2.24, 2.45) is 0 Å². The van der Waals surface area contributed by atoms with Crippen LogP contribution in [0.2, 0.25) is 0 Å². The van der Waals surface area contributed by atoms with Crippen LogP contribution in [0.1, 0.15) is 35.9 Å². The highest BCUT2D eigenvalue weighted by atomic mass is 16.5. The first-order chi connectivity index (χ1) is 13.9. The molecule has 2 heterocycles. The van der Waals surface area contributed by atoms with Gasteiger partial charge < -0.3 is 9.84 Å². The Morgan fingerprint density at radius 3 is 2.48 bits per heavy atom. The van der Waals surface area contributed by atoms with Crippen molar-refractivity contribution in [3.8, 4) is 11.4 Å². The Morgan fingerprint density at radius 1 is 1.07 bits per heavy atom. The number of hydrogen-bond acceptors (Lipinski definition) is 5. The fourth-order valence-corrected chi connectivity index (χ4v) is 3.63. The minimum Gasteiger partial charge on any atom is -0.337 e. The number of urea groups is 1. The second kappa shape index (κ2) is 7.16. The fourth-order valence-electron chi connectivity index (χ4n) is 3.63. The molecule has 0 spiro atoms. The van der Waals surface area contributed by atoms with Crippen molar-refractivity contribution in [2.75, 3.05) is 0 Å².